The van der Waals surface area contributed by atoms with E-state index in [2.05, 4.69) is 40.5 Å². The number of likely N-dealkylation sites (N-methyl/N-ethyl adjacent to an activating group) is 1. The fourth-order valence-electron chi connectivity index (χ4n) is 2.85. The SMILES string of the molecule is CCN(Cc1cncn1C(C)C)CC1CCCCN1. The molecule has 4 heteroatoms. The summed E-state index contributed by atoms with van der Waals surface area (Å²) >= 11 is 0. The maximum atomic E-state index is 4.30. The summed E-state index contributed by atoms with van der Waals surface area (Å²) in [5.74, 6) is 0. The van der Waals surface area contributed by atoms with Crippen molar-refractivity contribution in [2.45, 2.75) is 58.7 Å². The molecule has 1 fully saturated rings. The van der Waals surface area contributed by atoms with Crippen LogP contribution in [0.25, 0.3) is 0 Å². The highest BCUT2D eigenvalue weighted by molar-refractivity contribution is 5.00. The minimum atomic E-state index is 0.490. The summed E-state index contributed by atoms with van der Waals surface area (Å²) < 4.78 is 2.27. The molecule has 1 saturated heterocycles. The van der Waals surface area contributed by atoms with Gasteiger partial charge in [0.1, 0.15) is 0 Å². The van der Waals surface area contributed by atoms with Crippen LogP contribution in [-0.4, -0.2) is 40.1 Å². The van der Waals surface area contributed by atoms with Gasteiger partial charge in [0.05, 0.1) is 12.0 Å². The average molecular weight is 264 g/mol. The summed E-state index contributed by atoms with van der Waals surface area (Å²) in [5.41, 5.74) is 1.33. The van der Waals surface area contributed by atoms with Crippen LogP contribution in [0, 0.1) is 0 Å². The maximum Gasteiger partial charge on any atom is 0.0951 e. The Bertz CT molecular complexity index is 366. The number of nitrogens with zero attached hydrogens (tertiary/aromatic N) is 3. The van der Waals surface area contributed by atoms with Gasteiger partial charge in [-0.15, -0.1) is 0 Å². The second kappa shape index (κ2) is 7.06. The number of piperidine rings is 1. The fourth-order valence-corrected chi connectivity index (χ4v) is 2.85. The highest BCUT2D eigenvalue weighted by Crippen LogP contribution is 2.13. The summed E-state index contributed by atoms with van der Waals surface area (Å²) in [6.07, 6.45) is 7.99. The first-order valence-electron chi connectivity index (χ1n) is 7.67. The smallest absolute Gasteiger partial charge is 0.0951 e. The van der Waals surface area contributed by atoms with Gasteiger partial charge in [-0.25, -0.2) is 4.98 Å². The van der Waals surface area contributed by atoms with Gasteiger partial charge in [0.25, 0.3) is 0 Å². The van der Waals surface area contributed by atoms with Crippen LogP contribution in [0.3, 0.4) is 0 Å². The van der Waals surface area contributed by atoms with E-state index in [1.54, 1.807) is 0 Å². The molecule has 0 saturated carbocycles. The molecule has 1 aromatic rings. The van der Waals surface area contributed by atoms with Crippen LogP contribution >= 0.6 is 0 Å². The molecule has 0 amide bonds. The van der Waals surface area contributed by atoms with Crippen molar-refractivity contribution >= 4 is 0 Å². The Kier molecular flexibility index (Phi) is 5.40. The number of hydrogen-bond acceptors (Lipinski definition) is 3. The summed E-state index contributed by atoms with van der Waals surface area (Å²) in [6, 6.07) is 1.16. The third-order valence-electron chi connectivity index (χ3n) is 4.03. The van der Waals surface area contributed by atoms with Gasteiger partial charge >= 0.3 is 0 Å². The Morgan fingerprint density at radius 2 is 2.32 bits per heavy atom. The zero-order valence-corrected chi connectivity index (χ0v) is 12.6. The first kappa shape index (κ1) is 14.5. The lowest BCUT2D eigenvalue weighted by Gasteiger charge is -2.30. The monoisotopic (exact) mass is 264 g/mol. The molecular weight excluding hydrogens is 236 g/mol. The third kappa shape index (κ3) is 4.05. The van der Waals surface area contributed by atoms with Crippen LogP contribution in [-0.2, 0) is 6.54 Å². The Labute approximate surface area is 117 Å². The molecule has 1 unspecified atom stereocenters. The van der Waals surface area contributed by atoms with Crippen LogP contribution in [0.15, 0.2) is 12.5 Å². The molecule has 0 bridgehead atoms. The van der Waals surface area contributed by atoms with Crippen molar-refractivity contribution in [1.82, 2.24) is 19.8 Å². The maximum absolute atomic E-state index is 4.30. The quantitative estimate of drug-likeness (QED) is 0.856. The zero-order valence-electron chi connectivity index (χ0n) is 12.6. The van der Waals surface area contributed by atoms with E-state index in [-0.39, 0.29) is 0 Å². The van der Waals surface area contributed by atoms with E-state index in [9.17, 15) is 0 Å². The normalized spacial score (nSPS) is 20.4. The van der Waals surface area contributed by atoms with Gasteiger partial charge in [0, 0.05) is 31.4 Å². The van der Waals surface area contributed by atoms with Crippen LogP contribution in [0.4, 0.5) is 0 Å². The number of nitrogens with one attached hydrogen (secondary N) is 1. The molecule has 2 rings (SSSR count). The fraction of sp³-hybridized carbons (Fsp3) is 0.800. The molecule has 1 aliphatic rings. The van der Waals surface area contributed by atoms with E-state index in [0.717, 1.165) is 19.6 Å². The predicted octanol–water partition coefficient (Wildman–Crippen LogP) is 2.43. The molecule has 0 aliphatic carbocycles. The van der Waals surface area contributed by atoms with Crippen molar-refractivity contribution in [3.8, 4) is 0 Å². The zero-order chi connectivity index (χ0) is 13.7. The van der Waals surface area contributed by atoms with Crippen LogP contribution in [0.2, 0.25) is 0 Å². The lowest BCUT2D eigenvalue weighted by atomic mass is 10.0. The summed E-state index contributed by atoms with van der Waals surface area (Å²) in [4.78, 5) is 6.82. The Hall–Kier alpha value is -0.870. The van der Waals surface area contributed by atoms with Gasteiger partial charge in [-0.05, 0) is 39.8 Å². The Morgan fingerprint density at radius 1 is 1.47 bits per heavy atom. The molecule has 19 heavy (non-hydrogen) atoms. The van der Waals surface area contributed by atoms with Crippen molar-refractivity contribution in [1.29, 1.82) is 0 Å². The van der Waals surface area contributed by atoms with Crippen molar-refractivity contribution in [2.24, 2.45) is 0 Å². The van der Waals surface area contributed by atoms with E-state index in [1.807, 2.05) is 12.5 Å². The topological polar surface area (TPSA) is 33.1 Å². The van der Waals surface area contributed by atoms with Crippen molar-refractivity contribution < 1.29 is 0 Å². The second-order valence-electron chi connectivity index (χ2n) is 5.86. The highest BCUT2D eigenvalue weighted by Gasteiger charge is 2.17. The first-order valence-corrected chi connectivity index (χ1v) is 7.67. The van der Waals surface area contributed by atoms with Gasteiger partial charge in [-0.2, -0.15) is 0 Å². The molecule has 2 heterocycles. The van der Waals surface area contributed by atoms with E-state index in [0.29, 0.717) is 12.1 Å². The molecule has 0 radical (unpaired) electrons. The molecule has 1 aliphatic heterocycles. The van der Waals surface area contributed by atoms with Crippen LogP contribution in [0.1, 0.15) is 51.8 Å². The summed E-state index contributed by atoms with van der Waals surface area (Å²) in [5, 5.41) is 3.64. The van der Waals surface area contributed by atoms with Gasteiger partial charge < -0.3 is 9.88 Å². The summed E-state index contributed by atoms with van der Waals surface area (Å²) in [7, 11) is 0. The lowest BCUT2D eigenvalue weighted by molar-refractivity contribution is 0.221. The molecule has 108 valence electrons. The third-order valence-corrected chi connectivity index (χ3v) is 4.03. The minimum absolute atomic E-state index is 0.490. The van der Waals surface area contributed by atoms with E-state index in [4.69, 9.17) is 0 Å². The van der Waals surface area contributed by atoms with Gasteiger partial charge in [0.15, 0.2) is 0 Å². The van der Waals surface area contributed by atoms with E-state index in [1.165, 1.54) is 31.5 Å². The molecule has 1 N–H and O–H groups in total. The second-order valence-corrected chi connectivity index (χ2v) is 5.86. The molecule has 1 atom stereocenters. The van der Waals surface area contributed by atoms with Crippen molar-refractivity contribution in [2.75, 3.05) is 19.6 Å². The van der Waals surface area contributed by atoms with Crippen molar-refractivity contribution in [3.05, 3.63) is 18.2 Å². The molecule has 4 nitrogen and oxygen atoms in total. The highest BCUT2D eigenvalue weighted by atomic mass is 15.2. The lowest BCUT2D eigenvalue weighted by Crippen LogP contribution is -2.43. The van der Waals surface area contributed by atoms with Gasteiger partial charge in [-0.1, -0.05) is 13.3 Å². The van der Waals surface area contributed by atoms with E-state index < -0.39 is 0 Å². The van der Waals surface area contributed by atoms with Gasteiger partial charge in [-0.3, -0.25) is 4.90 Å². The first-order chi connectivity index (χ1) is 9.20. The molecule has 0 spiro atoms. The molecular formula is C15H28N4. The standard InChI is InChI=1S/C15H28N4/c1-4-18(10-14-7-5-6-8-17-14)11-15-9-16-12-19(15)13(2)3/h9,12-14,17H,4-8,10-11H2,1-3H3. The van der Waals surface area contributed by atoms with Gasteiger partial charge in [0.2, 0.25) is 0 Å². The Balaban J connectivity index is 1.92. The molecule has 1 aromatic heterocycles. The largest absolute Gasteiger partial charge is 0.331 e. The van der Waals surface area contributed by atoms with Crippen LogP contribution < -0.4 is 5.32 Å². The summed E-state index contributed by atoms with van der Waals surface area (Å²) in [6.45, 7) is 11.1. The number of imidazole rings is 1. The predicted molar refractivity (Wildman–Crippen MR) is 79.2 cm³/mol. The average Bonchev–Trinajstić information content (AvgIpc) is 2.87. The number of hydrogen-bond donors (Lipinski definition) is 1. The minimum Gasteiger partial charge on any atom is -0.331 e. The van der Waals surface area contributed by atoms with E-state index >= 15 is 0 Å². The van der Waals surface area contributed by atoms with Crippen molar-refractivity contribution in [3.63, 3.8) is 0 Å². The van der Waals surface area contributed by atoms with Crippen LogP contribution in [0.5, 0.6) is 0 Å². The number of rotatable bonds is 6. The molecule has 0 aromatic carbocycles. The number of aromatic nitrogens is 2. The Morgan fingerprint density at radius 3 is 2.95 bits per heavy atom.